The number of benzene rings is 1. The number of thiophene rings is 1. The summed E-state index contributed by atoms with van der Waals surface area (Å²) in [6.07, 6.45) is 4.31. The molecule has 0 saturated heterocycles. The molecule has 0 spiro atoms. The fraction of sp³-hybridized carbons (Fsp3) is 0.409. The third kappa shape index (κ3) is 3.97. The molecule has 0 bridgehead atoms. The number of ether oxygens (including phenoxy) is 1. The molecule has 1 aliphatic heterocycles. The Morgan fingerprint density at radius 2 is 1.93 bits per heavy atom. The summed E-state index contributed by atoms with van der Waals surface area (Å²) < 4.78 is 4.97. The Labute approximate surface area is 179 Å². The van der Waals surface area contributed by atoms with E-state index in [4.69, 9.17) is 10.5 Å². The lowest BCUT2D eigenvalue weighted by Crippen LogP contribution is -2.50. The summed E-state index contributed by atoms with van der Waals surface area (Å²) in [5.74, 6) is -1.14. The van der Waals surface area contributed by atoms with Gasteiger partial charge in [0.2, 0.25) is 11.8 Å². The lowest BCUT2D eigenvalue weighted by Gasteiger charge is -2.34. The Kier molecular flexibility index (Phi) is 5.87. The minimum Gasteiger partial charge on any atom is -0.465 e. The predicted molar refractivity (Wildman–Crippen MR) is 114 cm³/mol. The van der Waals surface area contributed by atoms with Gasteiger partial charge in [-0.05, 0) is 48.8 Å². The largest absolute Gasteiger partial charge is 0.465 e. The smallest absolute Gasteiger partial charge is 0.341 e. The van der Waals surface area contributed by atoms with Gasteiger partial charge in [-0.3, -0.25) is 14.5 Å². The second-order valence-electron chi connectivity index (χ2n) is 7.75. The molecule has 0 radical (unpaired) electrons. The van der Waals surface area contributed by atoms with Gasteiger partial charge < -0.3 is 15.8 Å². The van der Waals surface area contributed by atoms with Crippen LogP contribution in [0.4, 0.5) is 5.00 Å². The lowest BCUT2D eigenvalue weighted by atomic mass is 9.93. The van der Waals surface area contributed by atoms with Gasteiger partial charge in [-0.1, -0.05) is 24.3 Å². The van der Waals surface area contributed by atoms with Crippen molar-refractivity contribution in [3.8, 4) is 0 Å². The van der Waals surface area contributed by atoms with Gasteiger partial charge in [-0.2, -0.15) is 0 Å². The summed E-state index contributed by atoms with van der Waals surface area (Å²) in [5, 5.41) is 3.43. The van der Waals surface area contributed by atoms with Crippen molar-refractivity contribution in [3.63, 3.8) is 0 Å². The zero-order valence-electron chi connectivity index (χ0n) is 16.9. The first-order valence-electron chi connectivity index (χ1n) is 10.1. The van der Waals surface area contributed by atoms with Crippen LogP contribution in [0.1, 0.15) is 44.8 Å². The van der Waals surface area contributed by atoms with Gasteiger partial charge in [0, 0.05) is 11.4 Å². The van der Waals surface area contributed by atoms with E-state index in [0.29, 0.717) is 23.5 Å². The minimum absolute atomic E-state index is 0.0190. The van der Waals surface area contributed by atoms with Crippen molar-refractivity contribution < 1.29 is 19.1 Å². The Balaban J connectivity index is 1.54. The number of aryl methyl sites for hydroxylation is 1. The van der Waals surface area contributed by atoms with Gasteiger partial charge in [0.25, 0.3) is 0 Å². The van der Waals surface area contributed by atoms with Gasteiger partial charge in [0.1, 0.15) is 5.00 Å². The summed E-state index contributed by atoms with van der Waals surface area (Å²) in [6.45, 7) is 0.493. The Bertz CT molecular complexity index is 1000. The van der Waals surface area contributed by atoms with E-state index in [1.165, 1.54) is 18.4 Å². The van der Waals surface area contributed by atoms with E-state index in [9.17, 15) is 14.4 Å². The van der Waals surface area contributed by atoms with Crippen LogP contribution in [0.2, 0.25) is 0 Å². The van der Waals surface area contributed by atoms with Crippen LogP contribution in [0.25, 0.3) is 0 Å². The van der Waals surface area contributed by atoms with Gasteiger partial charge in [-0.25, -0.2) is 4.79 Å². The summed E-state index contributed by atoms with van der Waals surface area (Å²) in [6, 6.07) is 7.33. The SMILES string of the molecule is COC(=O)c1c(NC(=O)CN2Cc3ccccc3C[C@H]2C(N)=O)sc2c1CCCC2. The van der Waals surface area contributed by atoms with Crippen molar-refractivity contribution in [2.45, 2.75) is 44.7 Å². The summed E-state index contributed by atoms with van der Waals surface area (Å²) in [7, 11) is 1.35. The Morgan fingerprint density at radius 3 is 2.67 bits per heavy atom. The average molecular weight is 428 g/mol. The molecule has 0 saturated carbocycles. The number of amides is 2. The van der Waals surface area contributed by atoms with Crippen molar-refractivity contribution in [1.82, 2.24) is 4.90 Å². The number of esters is 1. The molecule has 1 aromatic heterocycles. The zero-order valence-corrected chi connectivity index (χ0v) is 17.7. The second kappa shape index (κ2) is 8.57. The number of hydrogen-bond donors (Lipinski definition) is 2. The van der Waals surface area contributed by atoms with Crippen LogP contribution in [0.3, 0.4) is 0 Å². The van der Waals surface area contributed by atoms with Crippen LogP contribution in [0, 0.1) is 0 Å². The predicted octanol–water partition coefficient (Wildman–Crippen LogP) is 2.26. The first-order valence-corrected chi connectivity index (χ1v) is 10.9. The van der Waals surface area contributed by atoms with E-state index in [1.54, 1.807) is 4.90 Å². The highest BCUT2D eigenvalue weighted by molar-refractivity contribution is 7.17. The first kappa shape index (κ1) is 20.6. The fourth-order valence-corrected chi connectivity index (χ4v) is 5.64. The molecule has 7 nitrogen and oxygen atoms in total. The van der Waals surface area contributed by atoms with Gasteiger partial charge in [0.05, 0.1) is 25.3 Å². The molecule has 2 heterocycles. The number of methoxy groups -OCH3 is 1. The highest BCUT2D eigenvalue weighted by atomic mass is 32.1. The molecule has 2 aromatic rings. The topological polar surface area (TPSA) is 102 Å². The number of nitrogens with zero attached hydrogens (tertiary/aromatic N) is 1. The summed E-state index contributed by atoms with van der Waals surface area (Å²) >= 11 is 1.45. The van der Waals surface area contributed by atoms with Crippen molar-refractivity contribution in [3.05, 3.63) is 51.4 Å². The molecule has 0 unspecified atom stereocenters. The molecule has 2 amide bonds. The minimum atomic E-state index is -0.540. The molecule has 1 atom stereocenters. The molecular weight excluding hydrogens is 402 g/mol. The lowest BCUT2D eigenvalue weighted by molar-refractivity contribution is -0.125. The monoisotopic (exact) mass is 427 g/mol. The van der Waals surface area contributed by atoms with E-state index < -0.39 is 17.9 Å². The molecule has 30 heavy (non-hydrogen) atoms. The maximum atomic E-state index is 12.9. The second-order valence-corrected chi connectivity index (χ2v) is 8.86. The number of carbonyl (C=O) groups is 3. The Hall–Kier alpha value is -2.71. The molecule has 158 valence electrons. The van der Waals surface area contributed by atoms with E-state index in [0.717, 1.165) is 47.3 Å². The number of primary amides is 1. The average Bonchev–Trinajstić information content (AvgIpc) is 3.10. The van der Waals surface area contributed by atoms with Crippen LogP contribution in [-0.2, 0) is 40.1 Å². The van der Waals surface area contributed by atoms with E-state index in [2.05, 4.69) is 5.32 Å². The maximum Gasteiger partial charge on any atom is 0.341 e. The number of hydrogen-bond acceptors (Lipinski definition) is 6. The number of fused-ring (bicyclic) bond motifs is 2. The van der Waals surface area contributed by atoms with Crippen molar-refractivity contribution in [2.75, 3.05) is 19.0 Å². The van der Waals surface area contributed by atoms with Crippen molar-refractivity contribution in [1.29, 1.82) is 0 Å². The molecule has 2 aliphatic rings. The van der Waals surface area contributed by atoms with Crippen LogP contribution >= 0.6 is 11.3 Å². The normalized spacial score (nSPS) is 18.2. The molecule has 1 aromatic carbocycles. The highest BCUT2D eigenvalue weighted by Crippen LogP contribution is 2.38. The number of anilines is 1. The van der Waals surface area contributed by atoms with Crippen LogP contribution in [0.15, 0.2) is 24.3 Å². The van der Waals surface area contributed by atoms with Crippen LogP contribution in [0.5, 0.6) is 0 Å². The molecule has 1 aliphatic carbocycles. The highest BCUT2D eigenvalue weighted by Gasteiger charge is 2.32. The maximum absolute atomic E-state index is 12.9. The molecule has 4 rings (SSSR count). The van der Waals surface area contributed by atoms with E-state index >= 15 is 0 Å². The molecule has 3 N–H and O–H groups in total. The Morgan fingerprint density at radius 1 is 1.20 bits per heavy atom. The third-order valence-corrected chi connectivity index (χ3v) is 7.04. The number of nitrogens with one attached hydrogen (secondary N) is 1. The summed E-state index contributed by atoms with van der Waals surface area (Å²) in [5.41, 5.74) is 9.26. The van der Waals surface area contributed by atoms with Gasteiger partial charge in [-0.15, -0.1) is 11.3 Å². The zero-order chi connectivity index (χ0) is 21.3. The van der Waals surface area contributed by atoms with Crippen molar-refractivity contribution in [2.24, 2.45) is 5.73 Å². The van der Waals surface area contributed by atoms with Gasteiger partial charge >= 0.3 is 5.97 Å². The third-order valence-electron chi connectivity index (χ3n) is 5.83. The quantitative estimate of drug-likeness (QED) is 0.713. The standard InChI is InChI=1S/C22H25N3O4S/c1-29-22(28)19-15-8-4-5-9-17(15)30-21(19)24-18(26)12-25-11-14-7-3-2-6-13(14)10-16(25)20(23)27/h2-3,6-7,16H,4-5,8-12H2,1H3,(H2,23,27)(H,24,26)/t16-/m0/s1. The molecular formula is C22H25N3O4S. The number of nitrogens with two attached hydrogens (primary N) is 1. The number of carbonyl (C=O) groups excluding carboxylic acids is 3. The summed E-state index contributed by atoms with van der Waals surface area (Å²) in [4.78, 5) is 40.2. The molecule has 8 heteroatoms. The molecule has 0 fully saturated rings. The van der Waals surface area contributed by atoms with Crippen LogP contribution in [-0.4, -0.2) is 42.4 Å². The van der Waals surface area contributed by atoms with Crippen LogP contribution < -0.4 is 11.1 Å². The fourth-order valence-electron chi connectivity index (χ4n) is 4.35. The first-order chi connectivity index (χ1) is 14.5. The van der Waals surface area contributed by atoms with Gasteiger partial charge in [0.15, 0.2) is 0 Å². The van der Waals surface area contributed by atoms with Crippen molar-refractivity contribution >= 4 is 34.1 Å². The number of rotatable bonds is 5. The van der Waals surface area contributed by atoms with E-state index in [1.807, 2.05) is 24.3 Å². The van der Waals surface area contributed by atoms with E-state index in [-0.39, 0.29) is 12.5 Å².